The van der Waals surface area contributed by atoms with Crippen LogP contribution in [-0.2, 0) is 14.8 Å². The summed E-state index contributed by atoms with van der Waals surface area (Å²) >= 11 is 5.61. The number of hydrogen-bond donors (Lipinski definition) is 1. The van der Waals surface area contributed by atoms with Crippen LogP contribution in [0.4, 0.5) is 0 Å². The van der Waals surface area contributed by atoms with E-state index in [-0.39, 0.29) is 17.7 Å². The molecule has 0 radical (unpaired) electrons. The molecule has 0 amide bonds. The average molecular weight is 270 g/mol. The molecule has 1 aliphatic heterocycles. The summed E-state index contributed by atoms with van der Waals surface area (Å²) in [5, 5.41) is 0. The number of rotatable bonds is 6. The summed E-state index contributed by atoms with van der Waals surface area (Å²) in [5.74, 6) is 0.725. The zero-order valence-corrected chi connectivity index (χ0v) is 11.4. The van der Waals surface area contributed by atoms with Crippen LogP contribution in [0, 0.1) is 11.8 Å². The van der Waals surface area contributed by atoms with Crippen LogP contribution in [0.25, 0.3) is 0 Å². The van der Waals surface area contributed by atoms with Gasteiger partial charge in [-0.3, -0.25) is 0 Å². The molecule has 0 spiro atoms. The number of ether oxygens (including phenoxy) is 1. The summed E-state index contributed by atoms with van der Waals surface area (Å²) in [7, 11) is -3.22. The fourth-order valence-corrected chi connectivity index (χ4v) is 3.75. The molecule has 1 aliphatic rings. The maximum absolute atomic E-state index is 11.8. The SMILES string of the molecule is CC(CCl)CS(=O)(=O)NC(C)C1CCOC1. The number of sulfonamides is 1. The van der Waals surface area contributed by atoms with E-state index in [0.717, 1.165) is 13.0 Å². The van der Waals surface area contributed by atoms with Gasteiger partial charge >= 0.3 is 0 Å². The Morgan fingerprint density at radius 1 is 1.50 bits per heavy atom. The second-order valence-electron chi connectivity index (χ2n) is 4.57. The summed E-state index contributed by atoms with van der Waals surface area (Å²) in [6.07, 6.45) is 0.925. The first-order valence-electron chi connectivity index (χ1n) is 5.58. The highest BCUT2D eigenvalue weighted by atomic mass is 35.5. The Hall–Kier alpha value is 0.160. The second-order valence-corrected chi connectivity index (χ2v) is 6.68. The van der Waals surface area contributed by atoms with Crippen molar-refractivity contribution < 1.29 is 13.2 Å². The van der Waals surface area contributed by atoms with E-state index in [0.29, 0.717) is 18.4 Å². The Labute approximate surface area is 103 Å². The molecule has 0 aromatic rings. The molecule has 0 saturated carbocycles. The van der Waals surface area contributed by atoms with E-state index in [2.05, 4.69) is 4.72 Å². The van der Waals surface area contributed by atoms with Crippen LogP contribution >= 0.6 is 11.6 Å². The van der Waals surface area contributed by atoms with E-state index in [9.17, 15) is 8.42 Å². The summed E-state index contributed by atoms with van der Waals surface area (Å²) in [6, 6.07) is -0.0602. The number of nitrogens with one attached hydrogen (secondary N) is 1. The molecule has 1 rings (SSSR count). The predicted octanol–water partition coefficient (Wildman–Crippen LogP) is 1.21. The van der Waals surface area contributed by atoms with E-state index < -0.39 is 10.0 Å². The minimum absolute atomic E-state index is 0.0220. The van der Waals surface area contributed by atoms with Crippen molar-refractivity contribution in [3.8, 4) is 0 Å². The summed E-state index contributed by atoms with van der Waals surface area (Å²) in [4.78, 5) is 0. The van der Waals surface area contributed by atoms with Gasteiger partial charge in [0.1, 0.15) is 0 Å². The standard InChI is InChI=1S/C10H20ClNO3S/c1-8(5-11)7-16(13,14)12-9(2)10-3-4-15-6-10/h8-10,12H,3-7H2,1-2H3. The molecule has 16 heavy (non-hydrogen) atoms. The average Bonchev–Trinajstić information content (AvgIpc) is 2.68. The lowest BCUT2D eigenvalue weighted by Gasteiger charge is -2.20. The first-order valence-corrected chi connectivity index (χ1v) is 7.77. The first kappa shape index (κ1) is 14.2. The molecule has 4 nitrogen and oxygen atoms in total. The fraction of sp³-hybridized carbons (Fsp3) is 1.00. The van der Waals surface area contributed by atoms with Crippen LogP contribution in [0.2, 0.25) is 0 Å². The number of hydrogen-bond acceptors (Lipinski definition) is 3. The van der Waals surface area contributed by atoms with Gasteiger partial charge in [0.05, 0.1) is 12.4 Å². The van der Waals surface area contributed by atoms with Gasteiger partial charge < -0.3 is 4.74 Å². The van der Waals surface area contributed by atoms with E-state index in [1.54, 1.807) is 0 Å². The van der Waals surface area contributed by atoms with Crippen molar-refractivity contribution in [2.75, 3.05) is 24.8 Å². The third-order valence-electron chi connectivity index (χ3n) is 2.80. The molecule has 3 unspecified atom stereocenters. The van der Waals surface area contributed by atoms with E-state index in [4.69, 9.17) is 16.3 Å². The van der Waals surface area contributed by atoms with Crippen molar-refractivity contribution in [1.82, 2.24) is 4.72 Å². The lowest BCUT2D eigenvalue weighted by atomic mass is 10.0. The van der Waals surface area contributed by atoms with Crippen LogP contribution < -0.4 is 4.72 Å². The zero-order chi connectivity index (χ0) is 12.2. The van der Waals surface area contributed by atoms with Gasteiger partial charge in [0.25, 0.3) is 0 Å². The Kier molecular flexibility index (Phi) is 5.50. The molecule has 0 aromatic heterocycles. The monoisotopic (exact) mass is 269 g/mol. The van der Waals surface area contributed by atoms with Crippen LogP contribution in [0.5, 0.6) is 0 Å². The minimum atomic E-state index is -3.22. The molecule has 0 aliphatic carbocycles. The van der Waals surface area contributed by atoms with Crippen LogP contribution in [0.3, 0.4) is 0 Å². The topological polar surface area (TPSA) is 55.4 Å². The molecule has 96 valence electrons. The maximum Gasteiger partial charge on any atom is 0.212 e. The molecular weight excluding hydrogens is 250 g/mol. The molecule has 1 saturated heterocycles. The molecule has 1 N–H and O–H groups in total. The van der Waals surface area contributed by atoms with Crippen molar-refractivity contribution in [1.29, 1.82) is 0 Å². The van der Waals surface area contributed by atoms with E-state index in [1.165, 1.54) is 0 Å². The van der Waals surface area contributed by atoms with Gasteiger partial charge in [-0.1, -0.05) is 6.92 Å². The van der Waals surface area contributed by atoms with Gasteiger partial charge in [-0.15, -0.1) is 11.6 Å². The molecule has 3 atom stereocenters. The van der Waals surface area contributed by atoms with E-state index in [1.807, 2.05) is 13.8 Å². The number of alkyl halides is 1. The third-order valence-corrected chi connectivity index (χ3v) is 5.07. The van der Waals surface area contributed by atoms with Gasteiger partial charge in [0.2, 0.25) is 10.0 Å². The van der Waals surface area contributed by atoms with E-state index >= 15 is 0 Å². The summed E-state index contributed by atoms with van der Waals surface area (Å²) < 4.78 is 31.4. The largest absolute Gasteiger partial charge is 0.381 e. The maximum atomic E-state index is 11.8. The Bertz CT molecular complexity index is 301. The molecule has 0 aromatic carbocycles. The molecular formula is C10H20ClNO3S. The van der Waals surface area contributed by atoms with Gasteiger partial charge in [-0.25, -0.2) is 13.1 Å². The van der Waals surface area contributed by atoms with Gasteiger partial charge in [-0.05, 0) is 19.3 Å². The molecule has 6 heteroatoms. The van der Waals surface area contributed by atoms with Gasteiger partial charge in [-0.2, -0.15) is 0 Å². The van der Waals surface area contributed by atoms with Crippen LogP contribution in [0.15, 0.2) is 0 Å². The van der Waals surface area contributed by atoms with Crippen molar-refractivity contribution >= 4 is 21.6 Å². The Balaban J connectivity index is 2.44. The molecule has 1 fully saturated rings. The van der Waals surface area contributed by atoms with Gasteiger partial charge in [0, 0.05) is 24.4 Å². The summed E-state index contributed by atoms with van der Waals surface area (Å²) in [6.45, 7) is 5.10. The summed E-state index contributed by atoms with van der Waals surface area (Å²) in [5.41, 5.74) is 0. The highest BCUT2D eigenvalue weighted by Gasteiger charge is 2.26. The van der Waals surface area contributed by atoms with Crippen molar-refractivity contribution in [2.24, 2.45) is 11.8 Å². The zero-order valence-electron chi connectivity index (χ0n) is 9.78. The smallest absolute Gasteiger partial charge is 0.212 e. The quantitative estimate of drug-likeness (QED) is 0.738. The van der Waals surface area contributed by atoms with Gasteiger partial charge in [0.15, 0.2) is 0 Å². The minimum Gasteiger partial charge on any atom is -0.381 e. The highest BCUT2D eigenvalue weighted by Crippen LogP contribution is 2.17. The molecule has 0 bridgehead atoms. The Morgan fingerprint density at radius 2 is 2.19 bits per heavy atom. The molecule has 1 heterocycles. The lowest BCUT2D eigenvalue weighted by molar-refractivity contribution is 0.180. The number of halogens is 1. The highest BCUT2D eigenvalue weighted by molar-refractivity contribution is 7.89. The first-order chi connectivity index (χ1) is 7.44. The Morgan fingerprint density at radius 3 is 2.69 bits per heavy atom. The van der Waals surface area contributed by atoms with Crippen LogP contribution in [0.1, 0.15) is 20.3 Å². The third kappa shape index (κ3) is 4.57. The van der Waals surface area contributed by atoms with Crippen molar-refractivity contribution in [3.05, 3.63) is 0 Å². The predicted molar refractivity (Wildman–Crippen MR) is 65.2 cm³/mol. The van der Waals surface area contributed by atoms with Crippen LogP contribution in [-0.4, -0.2) is 39.3 Å². The van der Waals surface area contributed by atoms with Crippen molar-refractivity contribution in [3.63, 3.8) is 0 Å². The normalized spacial score (nSPS) is 25.6. The second kappa shape index (κ2) is 6.19. The lowest BCUT2D eigenvalue weighted by Crippen LogP contribution is -2.40. The van der Waals surface area contributed by atoms with Crippen molar-refractivity contribution in [2.45, 2.75) is 26.3 Å². The fourth-order valence-electron chi connectivity index (χ4n) is 1.79.